The van der Waals surface area contributed by atoms with Gasteiger partial charge in [0.2, 0.25) is 0 Å². The minimum atomic E-state index is -0.475. The molecule has 2 aromatic rings. The molecular weight excluding hydrogens is 254 g/mol. The fourth-order valence-corrected chi connectivity index (χ4v) is 1.78. The summed E-state index contributed by atoms with van der Waals surface area (Å²) in [6.07, 6.45) is 3.08. The molecular formula is C15H15N3O2. The standard InChI is InChI=1S/C15H15N3O2/c1-16-15(20)18-17-14(19)10-9-12-7-4-6-11-5-2-3-8-13(11)12/h2-10H,1H3,(H,17,19)(H2,16,18,20)/b10-9+. The van der Waals surface area contributed by atoms with Crippen LogP contribution in [0.5, 0.6) is 0 Å². The van der Waals surface area contributed by atoms with E-state index in [1.54, 1.807) is 6.08 Å². The Bertz CT molecular complexity index is 660. The van der Waals surface area contributed by atoms with Gasteiger partial charge in [0.05, 0.1) is 0 Å². The number of hydrogen-bond donors (Lipinski definition) is 3. The van der Waals surface area contributed by atoms with E-state index in [-0.39, 0.29) is 0 Å². The number of hydrazine groups is 1. The Morgan fingerprint density at radius 1 is 1.00 bits per heavy atom. The normalized spacial score (nSPS) is 10.4. The highest BCUT2D eigenvalue weighted by Gasteiger charge is 2.00. The predicted octanol–water partition coefficient (Wildman–Crippen LogP) is 1.81. The van der Waals surface area contributed by atoms with Gasteiger partial charge in [-0.1, -0.05) is 42.5 Å². The molecule has 0 aliphatic heterocycles. The van der Waals surface area contributed by atoms with Gasteiger partial charge in [0.15, 0.2) is 0 Å². The molecule has 3 amide bonds. The van der Waals surface area contributed by atoms with Crippen molar-refractivity contribution in [1.29, 1.82) is 0 Å². The second-order valence-corrected chi connectivity index (χ2v) is 4.10. The molecule has 0 saturated carbocycles. The molecule has 0 atom stereocenters. The van der Waals surface area contributed by atoms with E-state index in [2.05, 4.69) is 16.2 Å². The molecule has 0 radical (unpaired) electrons. The minimum absolute atomic E-state index is 0.401. The van der Waals surface area contributed by atoms with E-state index >= 15 is 0 Å². The number of hydrogen-bond acceptors (Lipinski definition) is 2. The molecule has 2 rings (SSSR count). The predicted molar refractivity (Wildman–Crippen MR) is 78.7 cm³/mol. The maximum atomic E-state index is 11.5. The lowest BCUT2D eigenvalue weighted by Gasteiger charge is -2.04. The molecule has 2 aromatic carbocycles. The van der Waals surface area contributed by atoms with Gasteiger partial charge in [-0.15, -0.1) is 0 Å². The lowest BCUT2D eigenvalue weighted by atomic mass is 10.0. The maximum absolute atomic E-state index is 11.5. The third-order valence-corrected chi connectivity index (χ3v) is 2.76. The maximum Gasteiger partial charge on any atom is 0.333 e. The van der Waals surface area contributed by atoms with E-state index in [0.29, 0.717) is 0 Å². The molecule has 0 saturated heterocycles. The summed E-state index contributed by atoms with van der Waals surface area (Å²) in [4.78, 5) is 22.4. The lowest BCUT2D eigenvalue weighted by Crippen LogP contribution is -2.45. The Balaban J connectivity index is 2.10. The second-order valence-electron chi connectivity index (χ2n) is 4.10. The molecule has 0 fully saturated rings. The van der Waals surface area contributed by atoms with Crippen molar-refractivity contribution in [3.8, 4) is 0 Å². The van der Waals surface area contributed by atoms with Gasteiger partial charge < -0.3 is 5.32 Å². The highest BCUT2D eigenvalue weighted by molar-refractivity contribution is 5.97. The molecule has 0 aliphatic carbocycles. The second kappa shape index (κ2) is 6.38. The minimum Gasteiger partial charge on any atom is -0.340 e. The van der Waals surface area contributed by atoms with Gasteiger partial charge in [0.25, 0.3) is 5.91 Å². The van der Waals surface area contributed by atoms with Gasteiger partial charge in [-0.3, -0.25) is 10.2 Å². The average Bonchev–Trinajstić information content (AvgIpc) is 2.50. The molecule has 0 aromatic heterocycles. The third kappa shape index (κ3) is 3.35. The Morgan fingerprint density at radius 2 is 1.75 bits per heavy atom. The first-order valence-electron chi connectivity index (χ1n) is 6.14. The highest BCUT2D eigenvalue weighted by Crippen LogP contribution is 2.19. The highest BCUT2D eigenvalue weighted by atomic mass is 16.2. The van der Waals surface area contributed by atoms with Crippen molar-refractivity contribution < 1.29 is 9.59 Å². The number of carbonyl (C=O) groups is 2. The van der Waals surface area contributed by atoms with Gasteiger partial charge in [-0.25, -0.2) is 10.2 Å². The molecule has 0 bridgehead atoms. The molecule has 0 heterocycles. The molecule has 0 spiro atoms. The van der Waals surface area contributed by atoms with Crippen LogP contribution in [0.25, 0.3) is 16.8 Å². The monoisotopic (exact) mass is 269 g/mol. The topological polar surface area (TPSA) is 70.2 Å². The quantitative estimate of drug-likeness (QED) is 0.575. The van der Waals surface area contributed by atoms with Gasteiger partial charge in [-0.2, -0.15) is 0 Å². The number of nitrogens with one attached hydrogen (secondary N) is 3. The molecule has 0 unspecified atom stereocenters. The smallest absolute Gasteiger partial charge is 0.333 e. The first-order chi connectivity index (χ1) is 9.70. The number of amides is 3. The van der Waals surface area contributed by atoms with Crippen LogP contribution >= 0.6 is 0 Å². The van der Waals surface area contributed by atoms with E-state index < -0.39 is 11.9 Å². The first kappa shape index (κ1) is 13.6. The van der Waals surface area contributed by atoms with Crippen molar-refractivity contribution in [3.63, 3.8) is 0 Å². The van der Waals surface area contributed by atoms with Gasteiger partial charge in [-0.05, 0) is 22.4 Å². The number of fused-ring (bicyclic) bond motifs is 1. The Kier molecular flexibility index (Phi) is 4.34. The largest absolute Gasteiger partial charge is 0.340 e. The number of carbonyl (C=O) groups excluding carboxylic acids is 2. The number of benzene rings is 2. The van der Waals surface area contributed by atoms with Crippen molar-refractivity contribution in [3.05, 3.63) is 54.1 Å². The molecule has 0 aliphatic rings. The van der Waals surface area contributed by atoms with Crippen molar-refractivity contribution in [2.45, 2.75) is 0 Å². The van der Waals surface area contributed by atoms with E-state index in [0.717, 1.165) is 16.3 Å². The van der Waals surface area contributed by atoms with Crippen LogP contribution in [0.2, 0.25) is 0 Å². The van der Waals surface area contributed by atoms with Crippen LogP contribution in [0.3, 0.4) is 0 Å². The van der Waals surface area contributed by atoms with Crippen molar-refractivity contribution in [1.82, 2.24) is 16.2 Å². The lowest BCUT2D eigenvalue weighted by molar-refractivity contribution is -0.117. The zero-order chi connectivity index (χ0) is 14.4. The van der Waals surface area contributed by atoms with Gasteiger partial charge in [0.1, 0.15) is 0 Å². The zero-order valence-corrected chi connectivity index (χ0v) is 11.0. The van der Waals surface area contributed by atoms with E-state index in [1.807, 2.05) is 42.5 Å². The number of urea groups is 1. The summed E-state index contributed by atoms with van der Waals surface area (Å²) in [6, 6.07) is 13.3. The van der Waals surface area contributed by atoms with Crippen molar-refractivity contribution >= 4 is 28.8 Å². The SMILES string of the molecule is CNC(=O)NNC(=O)/C=C/c1cccc2ccccc12. The number of rotatable bonds is 2. The van der Waals surface area contributed by atoms with Crippen LogP contribution in [0.1, 0.15) is 5.56 Å². The fraction of sp³-hybridized carbons (Fsp3) is 0.0667. The summed E-state index contributed by atoms with van der Waals surface area (Å²) in [6.45, 7) is 0. The van der Waals surface area contributed by atoms with Crippen molar-refractivity contribution in [2.75, 3.05) is 7.05 Å². The zero-order valence-electron chi connectivity index (χ0n) is 11.0. The van der Waals surface area contributed by atoms with Crippen LogP contribution in [0.15, 0.2) is 48.5 Å². The van der Waals surface area contributed by atoms with E-state index in [9.17, 15) is 9.59 Å². The summed E-state index contributed by atoms with van der Waals surface area (Å²) in [5.41, 5.74) is 5.41. The van der Waals surface area contributed by atoms with Crippen LogP contribution in [-0.2, 0) is 4.79 Å². The summed E-state index contributed by atoms with van der Waals surface area (Å²) in [7, 11) is 1.47. The molecule has 3 N–H and O–H groups in total. The van der Waals surface area contributed by atoms with Crippen molar-refractivity contribution in [2.24, 2.45) is 0 Å². The van der Waals surface area contributed by atoms with Crippen LogP contribution in [0, 0.1) is 0 Å². The molecule has 20 heavy (non-hydrogen) atoms. The van der Waals surface area contributed by atoms with Crippen LogP contribution < -0.4 is 16.2 Å². The van der Waals surface area contributed by atoms with E-state index in [1.165, 1.54) is 13.1 Å². The average molecular weight is 269 g/mol. The summed E-state index contributed by atoms with van der Waals surface area (Å²) < 4.78 is 0. The van der Waals surface area contributed by atoms with Crippen LogP contribution in [0.4, 0.5) is 4.79 Å². The third-order valence-electron chi connectivity index (χ3n) is 2.76. The Labute approximate surface area is 116 Å². The summed E-state index contributed by atoms with van der Waals surface area (Å²) in [5, 5.41) is 4.51. The van der Waals surface area contributed by atoms with Crippen LogP contribution in [-0.4, -0.2) is 19.0 Å². The molecule has 5 nitrogen and oxygen atoms in total. The summed E-state index contributed by atoms with van der Waals surface area (Å²) >= 11 is 0. The summed E-state index contributed by atoms with van der Waals surface area (Å²) in [5.74, 6) is -0.401. The Morgan fingerprint density at radius 3 is 2.55 bits per heavy atom. The fourth-order valence-electron chi connectivity index (χ4n) is 1.78. The Hall–Kier alpha value is -2.82. The first-order valence-corrected chi connectivity index (χ1v) is 6.14. The molecule has 102 valence electrons. The molecule has 5 heteroatoms. The van der Waals surface area contributed by atoms with E-state index in [4.69, 9.17) is 0 Å². The van der Waals surface area contributed by atoms with Gasteiger partial charge >= 0.3 is 6.03 Å². The van der Waals surface area contributed by atoms with Gasteiger partial charge in [0, 0.05) is 13.1 Å².